The minimum Gasteiger partial charge on any atom is -0.346 e. The minimum absolute atomic E-state index is 0.558. The molecule has 0 aliphatic rings. The molecule has 0 saturated carbocycles. The van der Waals surface area contributed by atoms with Gasteiger partial charge >= 0.3 is 0 Å². The van der Waals surface area contributed by atoms with Gasteiger partial charge in [0.1, 0.15) is 12.0 Å². The summed E-state index contributed by atoms with van der Waals surface area (Å²) >= 11 is 1.75. The van der Waals surface area contributed by atoms with E-state index in [4.69, 9.17) is 0 Å². The van der Waals surface area contributed by atoms with Crippen molar-refractivity contribution in [3.05, 3.63) is 29.8 Å². The fourth-order valence-electron chi connectivity index (χ4n) is 2.29. The van der Waals surface area contributed by atoms with Gasteiger partial charge in [-0.05, 0) is 18.9 Å². The monoisotopic (exact) mass is 272 g/mol. The first-order valence-electron chi connectivity index (χ1n) is 6.57. The summed E-state index contributed by atoms with van der Waals surface area (Å²) in [7, 11) is 0. The average Bonchev–Trinajstić information content (AvgIpc) is 3.08. The Balaban J connectivity index is 2.05. The van der Waals surface area contributed by atoms with Crippen LogP contribution in [0.4, 0.5) is 0 Å². The first kappa shape index (κ1) is 12.3. The minimum atomic E-state index is 0.558. The van der Waals surface area contributed by atoms with Gasteiger partial charge in [-0.15, -0.1) is 11.3 Å². The molecule has 3 rings (SSSR count). The number of rotatable bonds is 4. The van der Waals surface area contributed by atoms with Crippen molar-refractivity contribution in [2.45, 2.75) is 32.6 Å². The van der Waals surface area contributed by atoms with Crippen LogP contribution in [0.1, 0.15) is 37.6 Å². The lowest BCUT2D eigenvalue weighted by Gasteiger charge is -2.06. The Labute approximate surface area is 116 Å². The van der Waals surface area contributed by atoms with E-state index >= 15 is 0 Å². The number of H-pyrrole nitrogens is 1. The summed E-state index contributed by atoms with van der Waals surface area (Å²) in [6.45, 7) is 4.43. The topological polar surface area (TPSA) is 54.5 Å². The summed E-state index contributed by atoms with van der Waals surface area (Å²) in [5.74, 6) is 0.558. The third kappa shape index (κ3) is 2.14. The summed E-state index contributed by atoms with van der Waals surface area (Å²) < 4.78 is 0. The first-order chi connectivity index (χ1) is 9.33. The summed E-state index contributed by atoms with van der Waals surface area (Å²) in [5.41, 5.74) is 1.85. The molecule has 4 nitrogen and oxygen atoms in total. The molecule has 0 bridgehead atoms. The molecule has 3 aromatic heterocycles. The van der Waals surface area contributed by atoms with Crippen LogP contribution in [-0.4, -0.2) is 19.9 Å². The van der Waals surface area contributed by atoms with E-state index in [2.05, 4.69) is 33.8 Å². The van der Waals surface area contributed by atoms with E-state index < -0.39 is 0 Å². The summed E-state index contributed by atoms with van der Waals surface area (Å²) in [4.78, 5) is 17.4. The van der Waals surface area contributed by atoms with Gasteiger partial charge in [0.15, 0.2) is 0 Å². The number of hydrogen-bond donors (Lipinski definition) is 1. The zero-order valence-electron chi connectivity index (χ0n) is 11.1. The second-order valence-corrected chi connectivity index (χ2v) is 5.60. The highest BCUT2D eigenvalue weighted by molar-refractivity contribution is 7.15. The van der Waals surface area contributed by atoms with Crippen LogP contribution in [0.5, 0.6) is 0 Å². The van der Waals surface area contributed by atoms with Crippen LogP contribution < -0.4 is 0 Å². The Kier molecular flexibility index (Phi) is 3.29. The predicted molar refractivity (Wildman–Crippen MR) is 78.3 cm³/mol. The molecule has 19 heavy (non-hydrogen) atoms. The first-order valence-corrected chi connectivity index (χ1v) is 7.39. The van der Waals surface area contributed by atoms with Gasteiger partial charge in [-0.2, -0.15) is 0 Å². The maximum Gasteiger partial charge on any atom is 0.141 e. The van der Waals surface area contributed by atoms with Crippen LogP contribution in [0.3, 0.4) is 0 Å². The van der Waals surface area contributed by atoms with Gasteiger partial charge < -0.3 is 4.98 Å². The summed E-state index contributed by atoms with van der Waals surface area (Å²) in [6, 6.07) is 2.02. The van der Waals surface area contributed by atoms with Crippen molar-refractivity contribution in [2.75, 3.05) is 0 Å². The van der Waals surface area contributed by atoms with Gasteiger partial charge in [-0.3, -0.25) is 0 Å². The molecule has 0 aromatic carbocycles. The Hall–Kier alpha value is -1.75. The third-order valence-electron chi connectivity index (χ3n) is 3.45. The van der Waals surface area contributed by atoms with Crippen LogP contribution in [0.2, 0.25) is 0 Å². The summed E-state index contributed by atoms with van der Waals surface area (Å²) in [5, 5.41) is 2.27. The molecule has 0 fully saturated rings. The molecule has 5 heteroatoms. The lowest BCUT2D eigenvalue weighted by molar-refractivity contribution is 0.637. The predicted octanol–water partition coefficient (Wildman–Crippen LogP) is 3.99. The molecular weight excluding hydrogens is 256 g/mol. The maximum atomic E-state index is 4.57. The van der Waals surface area contributed by atoms with Crippen molar-refractivity contribution in [2.24, 2.45) is 0 Å². The second kappa shape index (κ2) is 5.09. The van der Waals surface area contributed by atoms with Crippen LogP contribution >= 0.6 is 11.3 Å². The van der Waals surface area contributed by atoms with E-state index in [-0.39, 0.29) is 0 Å². The average molecular weight is 272 g/mol. The zero-order valence-corrected chi connectivity index (χ0v) is 11.9. The molecule has 0 aliphatic heterocycles. The fourth-order valence-corrected chi connectivity index (χ4v) is 3.49. The van der Waals surface area contributed by atoms with Crippen molar-refractivity contribution >= 4 is 22.4 Å². The summed E-state index contributed by atoms with van der Waals surface area (Å²) in [6.07, 6.45) is 7.70. The van der Waals surface area contributed by atoms with Crippen LogP contribution in [0.15, 0.2) is 24.8 Å². The van der Waals surface area contributed by atoms with Gasteiger partial charge in [0, 0.05) is 23.7 Å². The normalized spacial score (nSPS) is 11.5. The lowest BCUT2D eigenvalue weighted by Crippen LogP contribution is -1.92. The van der Waals surface area contributed by atoms with Gasteiger partial charge in [0.25, 0.3) is 0 Å². The smallest absolute Gasteiger partial charge is 0.141 e. The Bertz CT molecular complexity index is 681. The highest BCUT2D eigenvalue weighted by Crippen LogP contribution is 2.34. The largest absolute Gasteiger partial charge is 0.346 e. The molecule has 3 heterocycles. The van der Waals surface area contributed by atoms with E-state index in [0.717, 1.165) is 34.4 Å². The molecular formula is C14H16N4S. The van der Waals surface area contributed by atoms with Gasteiger partial charge in [0.05, 0.1) is 15.6 Å². The van der Waals surface area contributed by atoms with Gasteiger partial charge in [-0.25, -0.2) is 15.0 Å². The Morgan fingerprint density at radius 1 is 1.21 bits per heavy atom. The molecule has 0 atom stereocenters. The molecule has 0 aliphatic carbocycles. The Morgan fingerprint density at radius 3 is 2.84 bits per heavy atom. The van der Waals surface area contributed by atoms with Crippen LogP contribution in [0.25, 0.3) is 21.6 Å². The lowest BCUT2D eigenvalue weighted by atomic mass is 10.1. The molecule has 0 unspecified atom stereocenters. The number of nitrogens with one attached hydrogen (secondary N) is 1. The standard InChI is InChI=1S/C14H16N4S/c1-3-9(4-2)14-16-7-11(19-14)12-10-5-6-15-13(10)18-8-17-12/h5-9H,3-4H2,1-2H3,(H,15,17,18). The number of aromatic amines is 1. The van der Waals surface area contributed by atoms with E-state index in [1.54, 1.807) is 17.7 Å². The number of aromatic nitrogens is 4. The molecule has 0 amide bonds. The SMILES string of the molecule is CCC(CC)c1ncc(-c2ncnc3[nH]ccc23)s1. The quantitative estimate of drug-likeness (QED) is 0.781. The molecule has 0 radical (unpaired) electrons. The third-order valence-corrected chi connectivity index (χ3v) is 4.61. The van der Waals surface area contributed by atoms with Gasteiger partial charge in [-0.1, -0.05) is 13.8 Å². The van der Waals surface area contributed by atoms with E-state index in [0.29, 0.717) is 5.92 Å². The second-order valence-electron chi connectivity index (χ2n) is 4.54. The van der Waals surface area contributed by atoms with Crippen molar-refractivity contribution in [3.63, 3.8) is 0 Å². The number of hydrogen-bond acceptors (Lipinski definition) is 4. The van der Waals surface area contributed by atoms with E-state index in [1.807, 2.05) is 18.5 Å². The fraction of sp³-hybridized carbons (Fsp3) is 0.357. The molecule has 3 aromatic rings. The van der Waals surface area contributed by atoms with Crippen LogP contribution in [-0.2, 0) is 0 Å². The molecule has 0 spiro atoms. The number of nitrogens with zero attached hydrogens (tertiary/aromatic N) is 3. The molecule has 1 N–H and O–H groups in total. The molecule has 98 valence electrons. The van der Waals surface area contributed by atoms with Crippen molar-refractivity contribution < 1.29 is 0 Å². The van der Waals surface area contributed by atoms with Crippen LogP contribution in [0, 0.1) is 0 Å². The highest BCUT2D eigenvalue weighted by Gasteiger charge is 2.15. The maximum absolute atomic E-state index is 4.57. The Morgan fingerprint density at radius 2 is 2.05 bits per heavy atom. The van der Waals surface area contributed by atoms with E-state index in [1.165, 1.54) is 5.01 Å². The number of thiazole rings is 1. The highest BCUT2D eigenvalue weighted by atomic mass is 32.1. The van der Waals surface area contributed by atoms with Crippen molar-refractivity contribution in [1.29, 1.82) is 0 Å². The molecule has 0 saturated heterocycles. The van der Waals surface area contributed by atoms with Gasteiger partial charge in [0.2, 0.25) is 0 Å². The number of fused-ring (bicyclic) bond motifs is 1. The van der Waals surface area contributed by atoms with Crippen molar-refractivity contribution in [1.82, 2.24) is 19.9 Å². The van der Waals surface area contributed by atoms with Crippen molar-refractivity contribution in [3.8, 4) is 10.6 Å². The zero-order chi connectivity index (χ0) is 13.2. The van der Waals surface area contributed by atoms with E-state index in [9.17, 15) is 0 Å².